The fourth-order valence-electron chi connectivity index (χ4n) is 1.46. The van der Waals surface area contributed by atoms with Gasteiger partial charge >= 0.3 is 0 Å². The maximum atomic E-state index is 13.2. The van der Waals surface area contributed by atoms with Crippen molar-refractivity contribution in [3.8, 4) is 0 Å². The average Bonchev–Trinajstić information content (AvgIpc) is 2.56. The van der Waals surface area contributed by atoms with Crippen LogP contribution < -0.4 is 5.32 Å². The molecule has 0 aromatic heterocycles. The number of β-amino-alcohol motifs (C(OH)–C–C–N with tert-alkyl or cyclic N) is 1. The molecule has 1 aromatic carbocycles. The Morgan fingerprint density at radius 2 is 2.14 bits per heavy atom. The zero-order valence-corrected chi connectivity index (χ0v) is 8.43. The van der Waals surface area contributed by atoms with Crippen LogP contribution in [0.1, 0.15) is 0 Å². The van der Waals surface area contributed by atoms with E-state index >= 15 is 0 Å². The highest BCUT2D eigenvalue weighted by molar-refractivity contribution is 8.00. The molecule has 0 aliphatic carbocycles. The van der Waals surface area contributed by atoms with Crippen LogP contribution in [-0.2, 0) is 0 Å². The molecule has 0 saturated carbocycles. The Morgan fingerprint density at radius 3 is 2.79 bits per heavy atom. The highest BCUT2D eigenvalue weighted by Crippen LogP contribution is 2.28. The van der Waals surface area contributed by atoms with E-state index in [4.69, 9.17) is 0 Å². The van der Waals surface area contributed by atoms with Crippen LogP contribution >= 0.6 is 11.8 Å². The van der Waals surface area contributed by atoms with Gasteiger partial charge in [0.25, 0.3) is 0 Å². The Hall–Kier alpha value is -0.580. The van der Waals surface area contributed by atoms with E-state index in [0.29, 0.717) is 11.4 Å². The second-order valence-electron chi connectivity index (χ2n) is 3.31. The lowest BCUT2D eigenvalue weighted by molar-refractivity contribution is 0.201. The summed E-state index contributed by atoms with van der Waals surface area (Å²) in [4.78, 5) is 0.611. The van der Waals surface area contributed by atoms with Gasteiger partial charge in [0.2, 0.25) is 0 Å². The van der Waals surface area contributed by atoms with E-state index < -0.39 is 0 Å². The minimum absolute atomic E-state index is 0.0619. The normalized spacial score (nSPS) is 26.7. The van der Waals surface area contributed by atoms with Crippen LogP contribution in [0.4, 0.5) is 4.39 Å². The van der Waals surface area contributed by atoms with Gasteiger partial charge in [-0.15, -0.1) is 11.8 Å². The molecule has 0 radical (unpaired) electrons. The van der Waals surface area contributed by atoms with E-state index in [-0.39, 0.29) is 17.2 Å². The molecule has 76 valence electrons. The Balaban J connectivity index is 2.07. The Morgan fingerprint density at radius 1 is 1.36 bits per heavy atom. The van der Waals surface area contributed by atoms with Gasteiger partial charge < -0.3 is 10.4 Å². The Bertz CT molecular complexity index is 321. The summed E-state index contributed by atoms with van der Waals surface area (Å²) in [5.41, 5.74) is 0. The third kappa shape index (κ3) is 2.08. The summed E-state index contributed by atoms with van der Waals surface area (Å²) in [5, 5.41) is 12.7. The van der Waals surface area contributed by atoms with Crippen LogP contribution in [0.25, 0.3) is 0 Å². The topological polar surface area (TPSA) is 32.3 Å². The molecule has 2 N–H and O–H groups in total. The van der Waals surface area contributed by atoms with Gasteiger partial charge in [0.05, 0.1) is 6.10 Å². The van der Waals surface area contributed by atoms with Gasteiger partial charge in [-0.2, -0.15) is 0 Å². The molecule has 1 aliphatic heterocycles. The van der Waals surface area contributed by atoms with Crippen molar-refractivity contribution >= 4 is 11.8 Å². The number of aliphatic hydroxyl groups is 1. The number of benzene rings is 1. The zero-order valence-electron chi connectivity index (χ0n) is 7.61. The summed E-state index contributed by atoms with van der Waals surface area (Å²) >= 11 is 1.40. The van der Waals surface area contributed by atoms with Crippen LogP contribution in [-0.4, -0.2) is 29.5 Å². The smallest absolute Gasteiger partial charge is 0.136 e. The van der Waals surface area contributed by atoms with E-state index in [9.17, 15) is 9.50 Å². The summed E-state index contributed by atoms with van der Waals surface area (Å²) < 4.78 is 13.2. The molecule has 2 rings (SSSR count). The molecule has 14 heavy (non-hydrogen) atoms. The van der Waals surface area contributed by atoms with Crippen molar-refractivity contribution in [2.45, 2.75) is 16.2 Å². The minimum Gasteiger partial charge on any atom is -0.391 e. The third-order valence-corrected chi connectivity index (χ3v) is 3.61. The third-order valence-electron chi connectivity index (χ3n) is 2.24. The molecule has 0 spiro atoms. The highest BCUT2D eigenvalue weighted by atomic mass is 32.2. The van der Waals surface area contributed by atoms with Gasteiger partial charge in [0.1, 0.15) is 5.82 Å². The number of halogens is 1. The monoisotopic (exact) mass is 213 g/mol. The van der Waals surface area contributed by atoms with E-state index in [1.807, 2.05) is 0 Å². The number of hydrogen-bond acceptors (Lipinski definition) is 3. The van der Waals surface area contributed by atoms with Crippen molar-refractivity contribution in [3.63, 3.8) is 0 Å². The first-order valence-electron chi connectivity index (χ1n) is 4.57. The number of rotatable bonds is 2. The predicted molar refractivity (Wildman–Crippen MR) is 54.9 cm³/mol. The number of aliphatic hydroxyl groups excluding tert-OH is 1. The van der Waals surface area contributed by atoms with Crippen molar-refractivity contribution in [2.24, 2.45) is 0 Å². The van der Waals surface area contributed by atoms with Crippen LogP contribution in [0.3, 0.4) is 0 Å². The lowest BCUT2D eigenvalue weighted by Gasteiger charge is -2.12. The Labute approximate surface area is 86.5 Å². The molecular weight excluding hydrogens is 201 g/mol. The molecule has 1 heterocycles. The molecule has 4 heteroatoms. The van der Waals surface area contributed by atoms with E-state index in [1.54, 1.807) is 18.2 Å². The van der Waals surface area contributed by atoms with Crippen molar-refractivity contribution in [2.75, 3.05) is 13.1 Å². The van der Waals surface area contributed by atoms with Gasteiger partial charge in [-0.1, -0.05) is 12.1 Å². The SMILES string of the molecule is OC1CNCC1Sc1ccccc1F. The number of nitrogens with one attached hydrogen (secondary N) is 1. The number of thioether (sulfide) groups is 1. The zero-order chi connectivity index (χ0) is 9.97. The van der Waals surface area contributed by atoms with Crippen molar-refractivity contribution < 1.29 is 9.50 Å². The first-order valence-corrected chi connectivity index (χ1v) is 5.45. The summed E-state index contributed by atoms with van der Waals surface area (Å²) in [6, 6.07) is 6.66. The Kier molecular flexibility index (Phi) is 3.05. The van der Waals surface area contributed by atoms with Gasteiger partial charge in [-0.05, 0) is 12.1 Å². The summed E-state index contributed by atoms with van der Waals surface area (Å²) in [7, 11) is 0. The summed E-state index contributed by atoms with van der Waals surface area (Å²) in [5.74, 6) is -0.211. The lowest BCUT2D eigenvalue weighted by Crippen LogP contribution is -2.20. The molecule has 1 aromatic rings. The molecule has 1 aliphatic rings. The fourth-order valence-corrected chi connectivity index (χ4v) is 2.58. The second-order valence-corrected chi connectivity index (χ2v) is 4.59. The molecule has 1 saturated heterocycles. The summed E-state index contributed by atoms with van der Waals surface area (Å²) in [6.45, 7) is 1.34. The first-order chi connectivity index (χ1) is 6.77. The molecule has 0 amide bonds. The number of hydrogen-bond donors (Lipinski definition) is 2. The van der Waals surface area contributed by atoms with Crippen molar-refractivity contribution in [1.82, 2.24) is 5.32 Å². The van der Waals surface area contributed by atoms with Crippen LogP contribution in [0, 0.1) is 5.82 Å². The first kappa shape index (κ1) is 9.96. The second kappa shape index (κ2) is 4.29. The van der Waals surface area contributed by atoms with Gasteiger partial charge in [-0.3, -0.25) is 0 Å². The van der Waals surface area contributed by atoms with E-state index in [1.165, 1.54) is 17.8 Å². The largest absolute Gasteiger partial charge is 0.391 e. The molecule has 2 unspecified atom stereocenters. The van der Waals surface area contributed by atoms with E-state index in [2.05, 4.69) is 5.32 Å². The van der Waals surface area contributed by atoms with Gasteiger partial charge in [0.15, 0.2) is 0 Å². The maximum absolute atomic E-state index is 13.2. The lowest BCUT2D eigenvalue weighted by atomic mass is 10.3. The van der Waals surface area contributed by atoms with Crippen LogP contribution in [0.5, 0.6) is 0 Å². The van der Waals surface area contributed by atoms with Crippen LogP contribution in [0.2, 0.25) is 0 Å². The van der Waals surface area contributed by atoms with Gasteiger partial charge in [0, 0.05) is 23.2 Å². The molecule has 2 atom stereocenters. The fraction of sp³-hybridized carbons (Fsp3) is 0.400. The average molecular weight is 213 g/mol. The quantitative estimate of drug-likeness (QED) is 0.775. The molecule has 0 bridgehead atoms. The standard InChI is InChI=1S/C10H12FNOS/c11-7-3-1-2-4-9(7)14-10-6-12-5-8(10)13/h1-4,8,10,12-13H,5-6H2. The van der Waals surface area contributed by atoms with Crippen molar-refractivity contribution in [3.05, 3.63) is 30.1 Å². The van der Waals surface area contributed by atoms with Crippen molar-refractivity contribution in [1.29, 1.82) is 0 Å². The predicted octanol–water partition coefficient (Wildman–Crippen LogP) is 1.25. The summed E-state index contributed by atoms with van der Waals surface area (Å²) in [6.07, 6.45) is -0.375. The molecular formula is C10H12FNOS. The molecule has 1 fully saturated rings. The van der Waals surface area contributed by atoms with Crippen LogP contribution in [0.15, 0.2) is 29.2 Å². The maximum Gasteiger partial charge on any atom is 0.136 e. The molecule has 2 nitrogen and oxygen atoms in total. The van der Waals surface area contributed by atoms with E-state index in [0.717, 1.165) is 6.54 Å². The van der Waals surface area contributed by atoms with Gasteiger partial charge in [-0.25, -0.2) is 4.39 Å². The highest BCUT2D eigenvalue weighted by Gasteiger charge is 2.26. The minimum atomic E-state index is -0.375.